The van der Waals surface area contributed by atoms with Crippen LogP contribution in [-0.2, 0) is 14.3 Å². The van der Waals surface area contributed by atoms with Crippen molar-refractivity contribution in [3.63, 3.8) is 0 Å². The monoisotopic (exact) mass is 373 g/mol. The minimum Gasteiger partial charge on any atom is -0.462 e. The van der Waals surface area contributed by atoms with Crippen molar-refractivity contribution in [1.82, 2.24) is 0 Å². The highest BCUT2D eigenvalue weighted by molar-refractivity contribution is 7.15. The predicted molar refractivity (Wildman–Crippen MR) is 103 cm³/mol. The van der Waals surface area contributed by atoms with E-state index in [0.717, 1.165) is 28.7 Å². The summed E-state index contributed by atoms with van der Waals surface area (Å²) in [5.41, 5.74) is 4.40. The van der Waals surface area contributed by atoms with Crippen LogP contribution in [-0.4, -0.2) is 31.2 Å². The van der Waals surface area contributed by atoms with Gasteiger partial charge in [-0.3, -0.25) is 4.79 Å². The van der Waals surface area contributed by atoms with E-state index in [-0.39, 0.29) is 12.5 Å². The number of aryl methyl sites for hydroxylation is 2. The van der Waals surface area contributed by atoms with Crippen molar-refractivity contribution in [3.05, 3.63) is 40.3 Å². The Morgan fingerprint density at radius 3 is 2.77 bits per heavy atom. The molecule has 1 N–H and O–H groups in total. The molecule has 1 aliphatic heterocycles. The van der Waals surface area contributed by atoms with Crippen LogP contribution in [0.25, 0.3) is 11.1 Å². The molecule has 1 aromatic heterocycles. The number of carbonyl (C=O) groups excluding carboxylic acids is 2. The second-order valence-electron chi connectivity index (χ2n) is 6.38. The molecule has 0 aliphatic carbocycles. The van der Waals surface area contributed by atoms with Gasteiger partial charge < -0.3 is 14.8 Å². The molecule has 138 valence electrons. The molecule has 3 rings (SSSR count). The van der Waals surface area contributed by atoms with E-state index >= 15 is 0 Å². The first-order valence-electron chi connectivity index (χ1n) is 8.80. The van der Waals surface area contributed by atoms with Crippen LogP contribution in [0, 0.1) is 13.8 Å². The van der Waals surface area contributed by atoms with Crippen LogP contribution < -0.4 is 5.32 Å². The third-order valence-corrected chi connectivity index (χ3v) is 5.30. The molecule has 0 bridgehead atoms. The lowest BCUT2D eigenvalue weighted by molar-refractivity contribution is -0.124. The molecule has 1 atom stereocenters. The van der Waals surface area contributed by atoms with E-state index in [0.29, 0.717) is 23.6 Å². The van der Waals surface area contributed by atoms with Crippen LogP contribution in [0.3, 0.4) is 0 Å². The summed E-state index contributed by atoms with van der Waals surface area (Å²) in [6.45, 7) is 6.69. The minimum atomic E-state index is -0.447. The molecular weight excluding hydrogens is 350 g/mol. The fourth-order valence-electron chi connectivity index (χ4n) is 3.15. The number of esters is 1. The van der Waals surface area contributed by atoms with E-state index in [1.807, 2.05) is 31.4 Å². The molecule has 0 spiro atoms. The Bertz CT molecular complexity index is 821. The molecule has 6 heteroatoms. The van der Waals surface area contributed by atoms with Gasteiger partial charge in [0.15, 0.2) is 0 Å². The van der Waals surface area contributed by atoms with E-state index in [9.17, 15) is 9.59 Å². The number of rotatable bonds is 5. The van der Waals surface area contributed by atoms with Crippen LogP contribution >= 0.6 is 11.3 Å². The molecule has 26 heavy (non-hydrogen) atoms. The van der Waals surface area contributed by atoms with Crippen LogP contribution in [0.1, 0.15) is 41.3 Å². The Labute approximate surface area is 157 Å². The quantitative estimate of drug-likeness (QED) is 0.793. The smallest absolute Gasteiger partial charge is 0.341 e. The zero-order chi connectivity index (χ0) is 18.7. The Morgan fingerprint density at radius 1 is 1.31 bits per heavy atom. The van der Waals surface area contributed by atoms with Gasteiger partial charge in [-0.2, -0.15) is 0 Å². The SMILES string of the molecule is CCOC(=O)c1c(-c2ccc(C)cc2C)csc1NC(=O)C1CCCO1. The molecule has 1 fully saturated rings. The molecule has 1 saturated heterocycles. The lowest BCUT2D eigenvalue weighted by Crippen LogP contribution is -2.27. The summed E-state index contributed by atoms with van der Waals surface area (Å²) in [6, 6.07) is 6.09. The van der Waals surface area contributed by atoms with Gasteiger partial charge in [0.1, 0.15) is 16.7 Å². The zero-order valence-corrected chi connectivity index (χ0v) is 16.1. The Morgan fingerprint density at radius 2 is 2.12 bits per heavy atom. The highest BCUT2D eigenvalue weighted by atomic mass is 32.1. The molecule has 0 saturated carbocycles. The van der Waals surface area contributed by atoms with Crippen molar-refractivity contribution in [1.29, 1.82) is 0 Å². The van der Waals surface area contributed by atoms with Crippen molar-refractivity contribution in [2.45, 2.75) is 39.7 Å². The van der Waals surface area contributed by atoms with E-state index in [2.05, 4.69) is 11.4 Å². The zero-order valence-electron chi connectivity index (χ0n) is 15.3. The van der Waals surface area contributed by atoms with Crippen LogP contribution in [0.5, 0.6) is 0 Å². The summed E-state index contributed by atoms with van der Waals surface area (Å²) in [4.78, 5) is 25.0. The Kier molecular flexibility index (Phi) is 5.74. The maximum Gasteiger partial charge on any atom is 0.341 e. The predicted octanol–water partition coefficient (Wildman–Crippen LogP) is 4.33. The minimum absolute atomic E-state index is 0.206. The van der Waals surface area contributed by atoms with Crippen molar-refractivity contribution in [2.24, 2.45) is 0 Å². The summed E-state index contributed by atoms with van der Waals surface area (Å²) in [5, 5.41) is 5.28. The van der Waals surface area contributed by atoms with Crippen molar-refractivity contribution in [3.8, 4) is 11.1 Å². The first kappa shape index (κ1) is 18.6. The second-order valence-corrected chi connectivity index (χ2v) is 7.26. The van der Waals surface area contributed by atoms with Crippen LogP contribution in [0.2, 0.25) is 0 Å². The molecule has 1 aromatic carbocycles. The molecule has 5 nitrogen and oxygen atoms in total. The molecule has 1 aliphatic rings. The van der Waals surface area contributed by atoms with Gasteiger partial charge in [-0.15, -0.1) is 11.3 Å². The first-order chi connectivity index (χ1) is 12.5. The van der Waals surface area contributed by atoms with Gasteiger partial charge in [-0.05, 0) is 44.7 Å². The summed E-state index contributed by atoms with van der Waals surface area (Å²) >= 11 is 1.34. The summed E-state index contributed by atoms with van der Waals surface area (Å²) in [6.07, 6.45) is 1.13. The molecule has 0 radical (unpaired) electrons. The maximum atomic E-state index is 12.6. The van der Waals surface area contributed by atoms with Gasteiger partial charge in [0, 0.05) is 17.6 Å². The number of hydrogen-bond donors (Lipinski definition) is 1. The number of carbonyl (C=O) groups is 2. The molecular formula is C20H23NO4S. The van der Waals surface area contributed by atoms with E-state index < -0.39 is 12.1 Å². The Balaban J connectivity index is 1.98. The fraction of sp³-hybridized carbons (Fsp3) is 0.400. The van der Waals surface area contributed by atoms with Crippen molar-refractivity contribution >= 4 is 28.2 Å². The Hall–Kier alpha value is -2.18. The normalized spacial score (nSPS) is 16.5. The van der Waals surface area contributed by atoms with Gasteiger partial charge in [0.25, 0.3) is 5.91 Å². The van der Waals surface area contributed by atoms with Crippen LogP contribution in [0.4, 0.5) is 5.00 Å². The standard InChI is InChI=1S/C20H23NO4S/c1-4-24-20(23)17-15(14-8-7-12(2)10-13(14)3)11-26-19(17)21-18(22)16-6-5-9-25-16/h7-8,10-11,16H,4-6,9H2,1-3H3,(H,21,22). The van der Waals surface area contributed by atoms with Crippen molar-refractivity contribution < 1.29 is 19.1 Å². The van der Waals surface area contributed by atoms with Gasteiger partial charge in [-0.1, -0.05) is 23.8 Å². The summed E-state index contributed by atoms with van der Waals surface area (Å²) in [5.74, 6) is -0.631. The number of nitrogens with one attached hydrogen (secondary N) is 1. The number of thiophene rings is 1. The summed E-state index contributed by atoms with van der Waals surface area (Å²) < 4.78 is 10.7. The lowest BCUT2D eigenvalue weighted by atomic mass is 9.97. The fourth-order valence-corrected chi connectivity index (χ4v) is 4.10. The van der Waals surface area contributed by atoms with Gasteiger partial charge in [-0.25, -0.2) is 4.79 Å². The third-order valence-electron chi connectivity index (χ3n) is 4.40. The van der Waals surface area contributed by atoms with Gasteiger partial charge >= 0.3 is 5.97 Å². The van der Waals surface area contributed by atoms with E-state index in [1.165, 1.54) is 11.3 Å². The second kappa shape index (κ2) is 8.01. The average molecular weight is 373 g/mol. The van der Waals surface area contributed by atoms with Gasteiger partial charge in [0.05, 0.1) is 6.61 Å². The summed E-state index contributed by atoms with van der Waals surface area (Å²) in [7, 11) is 0. The van der Waals surface area contributed by atoms with Crippen molar-refractivity contribution in [2.75, 3.05) is 18.5 Å². The number of benzene rings is 1. The van der Waals surface area contributed by atoms with Crippen LogP contribution in [0.15, 0.2) is 23.6 Å². The van der Waals surface area contributed by atoms with E-state index in [1.54, 1.807) is 6.92 Å². The topological polar surface area (TPSA) is 64.6 Å². The molecule has 2 heterocycles. The molecule has 1 unspecified atom stereocenters. The van der Waals surface area contributed by atoms with Gasteiger partial charge in [0.2, 0.25) is 0 Å². The number of anilines is 1. The lowest BCUT2D eigenvalue weighted by Gasteiger charge is -2.12. The number of hydrogen-bond acceptors (Lipinski definition) is 5. The average Bonchev–Trinajstić information content (AvgIpc) is 3.25. The number of amides is 1. The van der Waals surface area contributed by atoms with E-state index in [4.69, 9.17) is 9.47 Å². The molecule has 1 amide bonds. The maximum absolute atomic E-state index is 12.6. The third kappa shape index (κ3) is 3.81. The highest BCUT2D eigenvalue weighted by Gasteiger charge is 2.28. The largest absolute Gasteiger partial charge is 0.462 e. The number of ether oxygens (including phenoxy) is 2. The molecule has 2 aromatic rings. The first-order valence-corrected chi connectivity index (χ1v) is 9.68. The highest BCUT2D eigenvalue weighted by Crippen LogP contribution is 2.38.